The first-order chi connectivity index (χ1) is 5.35. The minimum absolute atomic E-state index is 0.00764. The zero-order valence-electron chi connectivity index (χ0n) is 7.64. The van der Waals surface area contributed by atoms with Crippen LogP contribution in [0.1, 0.15) is 26.7 Å². The van der Waals surface area contributed by atoms with Gasteiger partial charge in [0, 0.05) is 26.1 Å². The van der Waals surface area contributed by atoms with Crippen molar-refractivity contribution in [1.29, 1.82) is 0 Å². The number of ether oxygens (including phenoxy) is 2. The zero-order valence-corrected chi connectivity index (χ0v) is 7.64. The molecule has 0 rings (SSSR count). The first-order valence-corrected chi connectivity index (χ1v) is 4.37. The van der Waals surface area contributed by atoms with Gasteiger partial charge >= 0.3 is 0 Å². The fraction of sp³-hybridized carbons (Fsp3) is 1.00. The highest BCUT2D eigenvalue weighted by atomic mass is 16.7. The average Bonchev–Trinajstić information content (AvgIpc) is 2.01. The fourth-order valence-corrected chi connectivity index (χ4v) is 0.898. The van der Waals surface area contributed by atoms with E-state index in [0.717, 1.165) is 32.6 Å². The van der Waals surface area contributed by atoms with Gasteiger partial charge in [-0.05, 0) is 13.8 Å². The summed E-state index contributed by atoms with van der Waals surface area (Å²) >= 11 is 0. The Balaban J connectivity index is 3.34. The van der Waals surface area contributed by atoms with Crippen molar-refractivity contribution in [2.45, 2.75) is 33.0 Å². The average molecular weight is 162 g/mol. The summed E-state index contributed by atoms with van der Waals surface area (Å²) in [5, 5.41) is 0. The van der Waals surface area contributed by atoms with Gasteiger partial charge in [-0.3, -0.25) is 0 Å². The highest BCUT2D eigenvalue weighted by molar-refractivity contribution is 4.44. The third-order valence-corrected chi connectivity index (χ3v) is 1.39. The van der Waals surface area contributed by atoms with Crippen LogP contribution in [-0.4, -0.2) is 26.0 Å². The maximum atomic E-state index is 5.33. The minimum atomic E-state index is -0.00764. The highest BCUT2D eigenvalue weighted by Gasteiger charge is 2.06. The topological polar surface area (TPSA) is 46.1 Å². The molecule has 0 bridgehead atoms. The maximum absolute atomic E-state index is 5.33. The van der Waals surface area contributed by atoms with Crippen molar-refractivity contribution in [2.75, 3.05) is 19.8 Å². The lowest BCUT2D eigenvalue weighted by Gasteiger charge is -2.15. The van der Waals surface area contributed by atoms with E-state index in [0.29, 0.717) is 0 Å². The van der Waals surface area contributed by atoms with Crippen molar-refractivity contribution < 1.29 is 15.2 Å². The van der Waals surface area contributed by atoms with Crippen LogP contribution in [0.25, 0.3) is 0 Å². The van der Waals surface area contributed by atoms with Crippen molar-refractivity contribution in [3.63, 3.8) is 0 Å². The second-order valence-corrected chi connectivity index (χ2v) is 2.34. The van der Waals surface area contributed by atoms with E-state index in [4.69, 9.17) is 9.47 Å². The van der Waals surface area contributed by atoms with E-state index >= 15 is 0 Å². The summed E-state index contributed by atoms with van der Waals surface area (Å²) in [6.45, 7) is 6.37. The Morgan fingerprint density at radius 3 is 2.09 bits per heavy atom. The number of hydrogen-bond acceptors (Lipinski definition) is 2. The minimum Gasteiger partial charge on any atom is -0.358 e. The molecule has 0 atom stereocenters. The molecule has 0 aliphatic carbocycles. The van der Waals surface area contributed by atoms with Crippen molar-refractivity contribution in [1.82, 2.24) is 0 Å². The van der Waals surface area contributed by atoms with E-state index in [2.05, 4.69) is 5.73 Å². The molecule has 0 spiro atoms. The van der Waals surface area contributed by atoms with E-state index in [1.165, 1.54) is 0 Å². The normalized spacial score (nSPS) is 10.9. The molecule has 3 N–H and O–H groups in total. The van der Waals surface area contributed by atoms with E-state index in [1.54, 1.807) is 0 Å². The lowest BCUT2D eigenvalue weighted by Crippen LogP contribution is -2.50. The molecule has 0 aromatic heterocycles. The third-order valence-electron chi connectivity index (χ3n) is 1.39. The smallest absolute Gasteiger partial charge is 0.157 e. The molecule has 0 aromatic carbocycles. The second-order valence-electron chi connectivity index (χ2n) is 2.34. The van der Waals surface area contributed by atoms with Crippen LogP contribution in [0, 0.1) is 0 Å². The number of hydrogen-bond donors (Lipinski definition) is 1. The van der Waals surface area contributed by atoms with Gasteiger partial charge in [0.25, 0.3) is 0 Å². The molecule has 0 fully saturated rings. The van der Waals surface area contributed by atoms with E-state index in [1.807, 2.05) is 13.8 Å². The van der Waals surface area contributed by atoms with Gasteiger partial charge in [-0.1, -0.05) is 0 Å². The Morgan fingerprint density at radius 1 is 1.18 bits per heavy atom. The van der Waals surface area contributed by atoms with Crippen molar-refractivity contribution >= 4 is 0 Å². The first kappa shape index (κ1) is 10.9. The van der Waals surface area contributed by atoms with Crippen LogP contribution >= 0.6 is 0 Å². The Labute approximate surface area is 68.9 Å². The van der Waals surface area contributed by atoms with Crippen LogP contribution in [0.4, 0.5) is 0 Å². The Morgan fingerprint density at radius 2 is 1.73 bits per heavy atom. The summed E-state index contributed by atoms with van der Waals surface area (Å²) in [6, 6.07) is 0. The summed E-state index contributed by atoms with van der Waals surface area (Å²) in [6.07, 6.45) is 2.03. The summed E-state index contributed by atoms with van der Waals surface area (Å²) < 4.78 is 10.7. The Kier molecular flexibility index (Phi) is 7.89. The molecule has 0 saturated heterocycles. The van der Waals surface area contributed by atoms with E-state index in [9.17, 15) is 0 Å². The molecule has 0 saturated carbocycles. The molecular weight excluding hydrogens is 142 g/mol. The molecule has 0 amide bonds. The highest BCUT2D eigenvalue weighted by Crippen LogP contribution is 2.02. The molecule has 0 aliphatic rings. The van der Waals surface area contributed by atoms with Crippen LogP contribution in [0.15, 0.2) is 0 Å². The van der Waals surface area contributed by atoms with Gasteiger partial charge in [0.05, 0.1) is 6.54 Å². The summed E-state index contributed by atoms with van der Waals surface area (Å²) in [5.41, 5.74) is 3.77. The van der Waals surface area contributed by atoms with Gasteiger partial charge < -0.3 is 15.2 Å². The molecule has 0 heterocycles. The lowest BCUT2D eigenvalue weighted by molar-refractivity contribution is -0.370. The van der Waals surface area contributed by atoms with E-state index < -0.39 is 0 Å². The first-order valence-electron chi connectivity index (χ1n) is 4.37. The quantitative estimate of drug-likeness (QED) is 0.551. The van der Waals surface area contributed by atoms with Crippen LogP contribution in [0.5, 0.6) is 0 Å². The van der Waals surface area contributed by atoms with Gasteiger partial charge in [0.2, 0.25) is 0 Å². The van der Waals surface area contributed by atoms with Gasteiger partial charge in [0.15, 0.2) is 6.29 Å². The molecule has 3 heteroatoms. The zero-order chi connectivity index (χ0) is 8.53. The molecule has 3 nitrogen and oxygen atoms in total. The Hall–Kier alpha value is -0.120. The monoisotopic (exact) mass is 162 g/mol. The molecule has 0 aliphatic heterocycles. The van der Waals surface area contributed by atoms with Crippen LogP contribution in [0.3, 0.4) is 0 Å². The molecule has 0 radical (unpaired) electrons. The predicted molar refractivity (Wildman–Crippen MR) is 44.0 cm³/mol. The third kappa shape index (κ3) is 6.28. The van der Waals surface area contributed by atoms with Crippen LogP contribution in [-0.2, 0) is 9.47 Å². The molecule has 68 valence electrons. The molecule has 0 aromatic rings. The summed E-state index contributed by atoms with van der Waals surface area (Å²) in [7, 11) is 0. The summed E-state index contributed by atoms with van der Waals surface area (Å²) in [5.74, 6) is 0. The summed E-state index contributed by atoms with van der Waals surface area (Å²) in [4.78, 5) is 0. The molecule has 11 heavy (non-hydrogen) atoms. The maximum Gasteiger partial charge on any atom is 0.157 e. The van der Waals surface area contributed by atoms with Gasteiger partial charge in [-0.25, -0.2) is 0 Å². The van der Waals surface area contributed by atoms with Gasteiger partial charge in [0.1, 0.15) is 0 Å². The van der Waals surface area contributed by atoms with E-state index in [-0.39, 0.29) is 6.29 Å². The largest absolute Gasteiger partial charge is 0.358 e. The fourth-order valence-electron chi connectivity index (χ4n) is 0.898. The SMILES string of the molecule is CCOC(CCC[NH3+])OCC. The van der Waals surface area contributed by atoms with Crippen LogP contribution < -0.4 is 5.73 Å². The second kappa shape index (κ2) is 7.98. The molecular formula is C8H20NO2+. The van der Waals surface area contributed by atoms with Gasteiger partial charge in [-0.15, -0.1) is 0 Å². The Bertz CT molecular complexity index is 72.5. The number of quaternary nitrogens is 1. The molecule has 0 unspecified atom stereocenters. The standard InChI is InChI=1S/C8H19NO2/c1-3-10-8(11-4-2)6-5-7-9/h8H,3-7,9H2,1-2H3/p+1. The van der Waals surface area contributed by atoms with Crippen molar-refractivity contribution in [3.05, 3.63) is 0 Å². The van der Waals surface area contributed by atoms with Crippen molar-refractivity contribution in [3.8, 4) is 0 Å². The number of rotatable bonds is 7. The lowest BCUT2D eigenvalue weighted by atomic mass is 10.3. The predicted octanol–water partition coefficient (Wildman–Crippen LogP) is 0.408. The van der Waals surface area contributed by atoms with Crippen LogP contribution in [0.2, 0.25) is 0 Å². The van der Waals surface area contributed by atoms with Crippen molar-refractivity contribution in [2.24, 2.45) is 0 Å². The van der Waals surface area contributed by atoms with Gasteiger partial charge in [-0.2, -0.15) is 0 Å².